The number of rotatable bonds is 5. The van der Waals surface area contributed by atoms with Crippen LogP contribution in [0.5, 0.6) is 0 Å². The molecule has 7 heteroatoms. The highest BCUT2D eigenvalue weighted by Gasteiger charge is 2.38. The van der Waals surface area contributed by atoms with Gasteiger partial charge in [0.1, 0.15) is 0 Å². The summed E-state index contributed by atoms with van der Waals surface area (Å²) in [6.45, 7) is 0.410. The molecule has 1 aromatic rings. The number of hydrogen-bond acceptors (Lipinski definition) is 4. The van der Waals surface area contributed by atoms with E-state index in [9.17, 15) is 9.59 Å². The first kappa shape index (κ1) is 17.6. The molecule has 4 atom stereocenters. The molecule has 1 aliphatic heterocycles. The summed E-state index contributed by atoms with van der Waals surface area (Å²) in [5.41, 5.74) is 0.447. The highest BCUT2D eigenvalue weighted by atomic mass is 35.5. The third kappa shape index (κ3) is 3.67. The fourth-order valence-corrected chi connectivity index (χ4v) is 5.04. The molecule has 136 valence electrons. The van der Waals surface area contributed by atoms with E-state index in [1.54, 1.807) is 24.3 Å². The van der Waals surface area contributed by atoms with E-state index >= 15 is 0 Å². The standard InChI is InChI=1S/C19H20ClN3O2S/c20-14-4-2-1-3-13(14)17(24)21-8-7-16-18(25)23-19(26-16)22-15-10-11-5-6-12(15)9-11/h1-6,11-12,15-16H,7-10H2,(H,21,24)(H,22,23,25). The van der Waals surface area contributed by atoms with Gasteiger partial charge in [0.15, 0.2) is 5.17 Å². The van der Waals surface area contributed by atoms with Crippen LogP contribution in [-0.2, 0) is 4.79 Å². The molecule has 0 spiro atoms. The Labute approximate surface area is 161 Å². The van der Waals surface area contributed by atoms with Crippen molar-refractivity contribution >= 4 is 40.3 Å². The number of allylic oxidation sites excluding steroid dienone is 1. The largest absolute Gasteiger partial charge is 0.361 e. The Morgan fingerprint density at radius 1 is 1.27 bits per heavy atom. The van der Waals surface area contributed by atoms with Crippen LogP contribution in [0.25, 0.3) is 0 Å². The third-order valence-electron chi connectivity index (χ3n) is 5.14. The van der Waals surface area contributed by atoms with Crippen molar-refractivity contribution in [2.24, 2.45) is 16.8 Å². The van der Waals surface area contributed by atoms with Crippen LogP contribution in [0.2, 0.25) is 5.02 Å². The second kappa shape index (κ2) is 7.45. The molecule has 2 N–H and O–H groups in total. The van der Waals surface area contributed by atoms with Crippen molar-refractivity contribution in [1.82, 2.24) is 10.6 Å². The third-order valence-corrected chi connectivity index (χ3v) is 6.62. The van der Waals surface area contributed by atoms with Crippen molar-refractivity contribution in [2.75, 3.05) is 6.54 Å². The Bertz CT molecular complexity index is 795. The lowest BCUT2D eigenvalue weighted by Gasteiger charge is -2.20. The number of thioether (sulfide) groups is 1. The van der Waals surface area contributed by atoms with E-state index in [1.807, 2.05) is 0 Å². The van der Waals surface area contributed by atoms with Crippen molar-refractivity contribution in [1.29, 1.82) is 0 Å². The van der Waals surface area contributed by atoms with Crippen LogP contribution >= 0.6 is 23.4 Å². The summed E-state index contributed by atoms with van der Waals surface area (Å²) in [7, 11) is 0. The zero-order valence-electron chi connectivity index (χ0n) is 14.2. The van der Waals surface area contributed by atoms with Crippen LogP contribution in [0.4, 0.5) is 0 Å². The molecule has 1 saturated carbocycles. The number of fused-ring (bicyclic) bond motifs is 2. The lowest BCUT2D eigenvalue weighted by atomic mass is 10.0. The number of amides is 2. The molecule has 3 aliphatic rings. The summed E-state index contributed by atoms with van der Waals surface area (Å²) >= 11 is 7.50. The lowest BCUT2D eigenvalue weighted by molar-refractivity contribution is -0.117. The number of carbonyl (C=O) groups excluding carboxylic acids is 2. The van der Waals surface area contributed by atoms with Gasteiger partial charge in [-0.15, -0.1) is 0 Å². The monoisotopic (exact) mass is 389 g/mol. The molecule has 4 rings (SSSR count). The van der Waals surface area contributed by atoms with Gasteiger partial charge in [-0.05, 0) is 43.2 Å². The topological polar surface area (TPSA) is 70.6 Å². The van der Waals surface area contributed by atoms with Crippen LogP contribution in [0.15, 0.2) is 41.4 Å². The van der Waals surface area contributed by atoms with Gasteiger partial charge >= 0.3 is 0 Å². The van der Waals surface area contributed by atoms with Gasteiger partial charge in [-0.1, -0.05) is 47.6 Å². The molecule has 4 unspecified atom stereocenters. The summed E-state index contributed by atoms with van der Waals surface area (Å²) in [4.78, 5) is 28.4. The number of hydrogen-bond donors (Lipinski definition) is 2. The van der Waals surface area contributed by atoms with Crippen molar-refractivity contribution in [3.63, 3.8) is 0 Å². The van der Waals surface area contributed by atoms with Crippen LogP contribution in [0.1, 0.15) is 29.6 Å². The maximum Gasteiger partial charge on any atom is 0.261 e. The molecule has 2 amide bonds. The molecule has 5 nitrogen and oxygen atoms in total. The fraction of sp³-hybridized carbons (Fsp3) is 0.421. The number of nitrogens with one attached hydrogen (secondary N) is 2. The normalized spacial score (nSPS) is 29.1. The Hall–Kier alpha value is -1.79. The fourth-order valence-electron chi connectivity index (χ4n) is 3.79. The number of amidine groups is 1. The average Bonchev–Trinajstić information content (AvgIpc) is 3.32. The van der Waals surface area contributed by atoms with Gasteiger partial charge in [-0.3, -0.25) is 9.59 Å². The van der Waals surface area contributed by atoms with Gasteiger partial charge in [-0.25, -0.2) is 0 Å². The van der Waals surface area contributed by atoms with E-state index in [4.69, 9.17) is 11.6 Å². The Kier molecular flexibility index (Phi) is 5.05. The molecule has 1 heterocycles. The molecule has 1 fully saturated rings. The molecule has 0 aromatic heterocycles. The summed E-state index contributed by atoms with van der Waals surface area (Å²) < 4.78 is 0. The van der Waals surface area contributed by atoms with E-state index in [2.05, 4.69) is 27.8 Å². The maximum atomic E-state index is 12.2. The van der Waals surface area contributed by atoms with E-state index in [0.717, 1.165) is 11.6 Å². The molecule has 0 saturated heterocycles. The molecule has 26 heavy (non-hydrogen) atoms. The molecule has 2 aliphatic carbocycles. The minimum Gasteiger partial charge on any atom is -0.361 e. The number of benzene rings is 1. The van der Waals surface area contributed by atoms with Crippen LogP contribution < -0.4 is 10.6 Å². The van der Waals surface area contributed by atoms with Gasteiger partial charge in [0.05, 0.1) is 15.8 Å². The van der Waals surface area contributed by atoms with Crippen molar-refractivity contribution < 1.29 is 9.59 Å². The zero-order chi connectivity index (χ0) is 18.1. The van der Waals surface area contributed by atoms with Gasteiger partial charge in [0, 0.05) is 12.6 Å². The Morgan fingerprint density at radius 3 is 2.85 bits per heavy atom. The van der Waals surface area contributed by atoms with Gasteiger partial charge < -0.3 is 10.6 Å². The number of nitrogens with zero attached hydrogens (tertiary/aromatic N) is 1. The molecular weight excluding hydrogens is 370 g/mol. The maximum absolute atomic E-state index is 12.2. The predicted octanol–water partition coefficient (Wildman–Crippen LogP) is 3.01. The second-order valence-electron chi connectivity index (χ2n) is 6.92. The number of aliphatic imine (C=N–C) groups is 1. The Morgan fingerprint density at radius 2 is 2.12 bits per heavy atom. The van der Waals surface area contributed by atoms with E-state index in [0.29, 0.717) is 41.4 Å². The molecular formula is C19H20ClN3O2S. The second-order valence-corrected chi connectivity index (χ2v) is 8.52. The van der Waals surface area contributed by atoms with Crippen LogP contribution in [0.3, 0.4) is 0 Å². The quantitative estimate of drug-likeness (QED) is 0.759. The lowest BCUT2D eigenvalue weighted by Crippen LogP contribution is -2.35. The van der Waals surface area contributed by atoms with Crippen molar-refractivity contribution in [2.45, 2.75) is 30.6 Å². The minimum absolute atomic E-state index is 0.122. The molecule has 2 bridgehead atoms. The van der Waals surface area contributed by atoms with Gasteiger partial charge in [-0.2, -0.15) is 4.99 Å². The summed E-state index contributed by atoms with van der Waals surface area (Å²) in [6, 6.07) is 7.31. The van der Waals surface area contributed by atoms with E-state index in [-0.39, 0.29) is 17.1 Å². The van der Waals surface area contributed by atoms with Gasteiger partial charge in [0.25, 0.3) is 11.8 Å². The number of carbonyl (C=O) groups is 2. The first-order valence-electron chi connectivity index (χ1n) is 8.87. The first-order chi connectivity index (χ1) is 12.6. The van der Waals surface area contributed by atoms with Crippen LogP contribution in [0, 0.1) is 11.8 Å². The van der Waals surface area contributed by atoms with Crippen molar-refractivity contribution in [3.8, 4) is 0 Å². The highest BCUT2D eigenvalue weighted by Crippen LogP contribution is 2.39. The SMILES string of the molecule is O=C(NCCC1SC(NC2CC3C=CC2C3)=NC1=O)c1ccccc1Cl. The summed E-state index contributed by atoms with van der Waals surface area (Å²) in [6.07, 6.45) is 7.44. The minimum atomic E-state index is -0.238. The Balaban J connectivity index is 1.24. The smallest absolute Gasteiger partial charge is 0.261 e. The first-order valence-corrected chi connectivity index (χ1v) is 10.1. The highest BCUT2D eigenvalue weighted by molar-refractivity contribution is 8.15. The van der Waals surface area contributed by atoms with Crippen molar-refractivity contribution in [3.05, 3.63) is 47.0 Å². The van der Waals surface area contributed by atoms with E-state index < -0.39 is 0 Å². The predicted molar refractivity (Wildman–Crippen MR) is 105 cm³/mol. The number of halogens is 1. The van der Waals surface area contributed by atoms with Gasteiger partial charge in [0.2, 0.25) is 0 Å². The molecule has 1 aromatic carbocycles. The van der Waals surface area contributed by atoms with Crippen LogP contribution in [-0.4, -0.2) is 34.8 Å². The molecule has 0 radical (unpaired) electrons. The van der Waals surface area contributed by atoms with E-state index in [1.165, 1.54) is 18.2 Å². The summed E-state index contributed by atoms with van der Waals surface area (Å²) in [5.74, 6) is 0.894. The zero-order valence-corrected chi connectivity index (χ0v) is 15.7. The summed E-state index contributed by atoms with van der Waals surface area (Å²) in [5, 5.41) is 7.18. The average molecular weight is 390 g/mol.